The Morgan fingerprint density at radius 3 is 2.46 bits per heavy atom. The average molecular weight is 410 g/mol. The number of carbonyl (C=O) groups is 1. The Morgan fingerprint density at radius 2 is 1.79 bits per heavy atom. The van der Waals surface area contributed by atoms with Crippen LogP contribution in [-0.4, -0.2) is 38.4 Å². The summed E-state index contributed by atoms with van der Waals surface area (Å²) < 4.78 is 26.4. The van der Waals surface area contributed by atoms with E-state index in [9.17, 15) is 13.2 Å². The zero-order valence-electron chi connectivity index (χ0n) is 12.9. The van der Waals surface area contributed by atoms with Gasteiger partial charge in [-0.05, 0) is 18.2 Å². The summed E-state index contributed by atoms with van der Waals surface area (Å²) >= 11 is 3.36. The van der Waals surface area contributed by atoms with Crippen molar-refractivity contribution in [2.45, 2.75) is 4.90 Å². The van der Waals surface area contributed by atoms with Gasteiger partial charge in [-0.2, -0.15) is 9.41 Å². The molecule has 0 bridgehead atoms. The smallest absolute Gasteiger partial charge is 0.255 e. The van der Waals surface area contributed by atoms with E-state index in [0.717, 1.165) is 14.3 Å². The number of hydrazone groups is 1. The van der Waals surface area contributed by atoms with E-state index in [1.807, 2.05) is 24.3 Å². The normalized spacial score (nSPS) is 11.8. The molecule has 0 spiro atoms. The molecule has 0 aliphatic heterocycles. The molecular formula is C16H16BrN3O3S. The van der Waals surface area contributed by atoms with Crippen molar-refractivity contribution in [2.75, 3.05) is 13.6 Å². The van der Waals surface area contributed by atoms with E-state index in [1.165, 1.54) is 25.4 Å². The lowest BCUT2D eigenvalue weighted by Crippen LogP contribution is -2.36. The van der Waals surface area contributed by atoms with Crippen molar-refractivity contribution in [1.29, 1.82) is 0 Å². The van der Waals surface area contributed by atoms with Gasteiger partial charge in [-0.3, -0.25) is 4.79 Å². The van der Waals surface area contributed by atoms with Gasteiger partial charge in [-0.25, -0.2) is 13.8 Å². The summed E-state index contributed by atoms with van der Waals surface area (Å²) in [7, 11) is -2.36. The highest BCUT2D eigenvalue weighted by molar-refractivity contribution is 9.10. The summed E-state index contributed by atoms with van der Waals surface area (Å²) in [5.41, 5.74) is 3.11. The Bertz CT molecular complexity index is 839. The monoisotopic (exact) mass is 409 g/mol. The number of sulfonamides is 1. The van der Waals surface area contributed by atoms with E-state index in [-0.39, 0.29) is 11.4 Å². The molecule has 8 heteroatoms. The molecule has 6 nitrogen and oxygen atoms in total. The Labute approximate surface area is 149 Å². The summed E-state index contributed by atoms with van der Waals surface area (Å²) in [6.45, 7) is -0.329. The molecule has 0 atom stereocenters. The first-order valence-electron chi connectivity index (χ1n) is 6.99. The van der Waals surface area contributed by atoms with Crippen molar-refractivity contribution >= 4 is 38.1 Å². The van der Waals surface area contributed by atoms with Gasteiger partial charge in [0.25, 0.3) is 5.91 Å². The largest absolute Gasteiger partial charge is 0.272 e. The zero-order chi connectivity index (χ0) is 17.6. The van der Waals surface area contributed by atoms with E-state index in [4.69, 9.17) is 0 Å². The Morgan fingerprint density at radius 1 is 1.17 bits per heavy atom. The number of nitrogens with one attached hydrogen (secondary N) is 1. The third-order valence-electron chi connectivity index (χ3n) is 3.12. The second kappa shape index (κ2) is 8.18. The van der Waals surface area contributed by atoms with Gasteiger partial charge in [0.15, 0.2) is 0 Å². The van der Waals surface area contributed by atoms with E-state index in [0.29, 0.717) is 0 Å². The predicted molar refractivity (Wildman–Crippen MR) is 96.1 cm³/mol. The number of carbonyl (C=O) groups excluding carboxylic acids is 1. The molecular weight excluding hydrogens is 394 g/mol. The van der Waals surface area contributed by atoms with E-state index >= 15 is 0 Å². The van der Waals surface area contributed by atoms with E-state index in [1.54, 1.807) is 18.2 Å². The van der Waals surface area contributed by atoms with Crippen molar-refractivity contribution in [3.63, 3.8) is 0 Å². The first-order valence-corrected chi connectivity index (χ1v) is 9.22. The SMILES string of the molecule is CN(CC(=O)N/N=C\c1ccccc1Br)S(=O)(=O)c1ccccc1. The Hall–Kier alpha value is -2.03. The molecule has 0 aliphatic rings. The topological polar surface area (TPSA) is 78.8 Å². The highest BCUT2D eigenvalue weighted by Crippen LogP contribution is 2.14. The van der Waals surface area contributed by atoms with Crippen LogP contribution in [-0.2, 0) is 14.8 Å². The first-order chi connectivity index (χ1) is 11.4. The molecule has 0 saturated carbocycles. The van der Waals surface area contributed by atoms with Crippen LogP contribution in [0.15, 0.2) is 69.1 Å². The molecule has 0 saturated heterocycles. The van der Waals surface area contributed by atoms with Crippen LogP contribution in [0.2, 0.25) is 0 Å². The zero-order valence-corrected chi connectivity index (χ0v) is 15.3. The molecule has 0 unspecified atom stereocenters. The maximum absolute atomic E-state index is 12.3. The maximum Gasteiger partial charge on any atom is 0.255 e. The number of likely N-dealkylation sites (N-methyl/N-ethyl adjacent to an activating group) is 1. The molecule has 24 heavy (non-hydrogen) atoms. The second-order valence-corrected chi connectivity index (χ2v) is 7.79. The summed E-state index contributed by atoms with van der Waals surface area (Å²) in [4.78, 5) is 12.0. The minimum absolute atomic E-state index is 0.136. The van der Waals surface area contributed by atoms with Gasteiger partial charge in [-0.1, -0.05) is 52.3 Å². The summed E-state index contributed by atoms with van der Waals surface area (Å²) in [5.74, 6) is -0.527. The van der Waals surface area contributed by atoms with E-state index < -0.39 is 15.9 Å². The Kier molecular flexibility index (Phi) is 6.24. The second-order valence-electron chi connectivity index (χ2n) is 4.89. The van der Waals surface area contributed by atoms with Gasteiger partial charge in [-0.15, -0.1) is 0 Å². The molecule has 0 heterocycles. The molecule has 0 aliphatic carbocycles. The lowest BCUT2D eigenvalue weighted by atomic mass is 10.2. The number of benzene rings is 2. The number of hydrogen-bond acceptors (Lipinski definition) is 4. The van der Waals surface area contributed by atoms with Crippen LogP contribution in [0.4, 0.5) is 0 Å². The first kappa shape index (κ1) is 18.3. The lowest BCUT2D eigenvalue weighted by Gasteiger charge is -2.15. The number of hydrogen-bond donors (Lipinski definition) is 1. The standard InChI is InChI=1S/C16H16BrN3O3S/c1-20(24(22,23)14-8-3-2-4-9-14)12-16(21)19-18-11-13-7-5-6-10-15(13)17/h2-11H,12H2,1H3,(H,19,21)/b18-11-. The van der Waals surface area contributed by atoms with Crippen LogP contribution in [0.3, 0.4) is 0 Å². The Balaban J connectivity index is 1.96. The van der Waals surface area contributed by atoms with Crippen molar-refractivity contribution in [1.82, 2.24) is 9.73 Å². The van der Waals surface area contributed by atoms with Gasteiger partial charge < -0.3 is 0 Å². The predicted octanol–water partition coefficient (Wildman–Crippen LogP) is 2.22. The molecule has 2 rings (SSSR count). The van der Waals surface area contributed by atoms with Gasteiger partial charge in [0.1, 0.15) is 0 Å². The van der Waals surface area contributed by atoms with Crippen LogP contribution in [0.5, 0.6) is 0 Å². The van der Waals surface area contributed by atoms with Gasteiger partial charge in [0, 0.05) is 17.1 Å². The van der Waals surface area contributed by atoms with Gasteiger partial charge in [0.05, 0.1) is 17.7 Å². The number of halogens is 1. The molecule has 0 fully saturated rings. The molecule has 2 aromatic carbocycles. The van der Waals surface area contributed by atoms with E-state index in [2.05, 4.69) is 26.5 Å². The molecule has 1 amide bonds. The fraction of sp³-hybridized carbons (Fsp3) is 0.125. The van der Waals surface area contributed by atoms with Gasteiger partial charge >= 0.3 is 0 Å². The fourth-order valence-electron chi connectivity index (χ4n) is 1.85. The number of rotatable bonds is 6. The van der Waals surface area contributed by atoms with Crippen LogP contribution in [0, 0.1) is 0 Å². The van der Waals surface area contributed by atoms with Crippen molar-refractivity contribution in [3.05, 3.63) is 64.6 Å². The van der Waals surface area contributed by atoms with Crippen molar-refractivity contribution in [2.24, 2.45) is 5.10 Å². The lowest BCUT2D eigenvalue weighted by molar-refractivity contribution is -0.121. The fourth-order valence-corrected chi connectivity index (χ4v) is 3.38. The molecule has 1 N–H and O–H groups in total. The third kappa shape index (κ3) is 4.73. The summed E-state index contributed by atoms with van der Waals surface area (Å²) in [5, 5.41) is 3.83. The van der Waals surface area contributed by atoms with Crippen molar-refractivity contribution < 1.29 is 13.2 Å². The van der Waals surface area contributed by atoms with Gasteiger partial charge in [0.2, 0.25) is 10.0 Å². The van der Waals surface area contributed by atoms with Crippen LogP contribution >= 0.6 is 15.9 Å². The quantitative estimate of drug-likeness (QED) is 0.586. The van der Waals surface area contributed by atoms with Crippen LogP contribution in [0.25, 0.3) is 0 Å². The molecule has 2 aromatic rings. The van der Waals surface area contributed by atoms with Crippen LogP contribution in [0.1, 0.15) is 5.56 Å². The summed E-state index contributed by atoms with van der Waals surface area (Å²) in [6.07, 6.45) is 1.48. The van der Waals surface area contributed by atoms with Crippen molar-refractivity contribution in [3.8, 4) is 0 Å². The number of nitrogens with zero attached hydrogens (tertiary/aromatic N) is 2. The average Bonchev–Trinajstić information content (AvgIpc) is 2.57. The third-order valence-corrected chi connectivity index (χ3v) is 5.66. The number of amides is 1. The molecule has 0 radical (unpaired) electrons. The highest BCUT2D eigenvalue weighted by Gasteiger charge is 2.22. The maximum atomic E-state index is 12.3. The minimum atomic E-state index is -3.70. The van der Waals surface area contributed by atoms with Crippen LogP contribution < -0.4 is 5.43 Å². The summed E-state index contributed by atoms with van der Waals surface area (Å²) in [6, 6.07) is 15.3. The molecule has 0 aromatic heterocycles. The molecule has 126 valence electrons. The highest BCUT2D eigenvalue weighted by atomic mass is 79.9. The minimum Gasteiger partial charge on any atom is -0.272 e.